The average Bonchev–Trinajstić information content (AvgIpc) is 3.55. The maximum atomic E-state index is 7.25. The molecule has 10 aromatic rings. The molecule has 8 aromatic carbocycles. The van der Waals surface area contributed by atoms with Crippen molar-refractivity contribution < 1.29 is 25.8 Å². The molecule has 82 heavy (non-hydrogen) atoms. The van der Waals surface area contributed by atoms with Crippen molar-refractivity contribution in [1.82, 2.24) is 9.55 Å². The molecule has 0 N–H and O–H groups in total. The van der Waals surface area contributed by atoms with Crippen LogP contribution in [-0.4, -0.2) is 9.55 Å². The Kier molecular flexibility index (Phi) is 15.8. The van der Waals surface area contributed by atoms with Crippen LogP contribution in [0.2, 0.25) is 0 Å². The van der Waals surface area contributed by atoms with Crippen LogP contribution >= 0.6 is 0 Å². The van der Waals surface area contributed by atoms with Crippen LogP contribution in [0.25, 0.3) is 44.4 Å². The van der Waals surface area contributed by atoms with Gasteiger partial charge in [0, 0.05) is 66.5 Å². The predicted octanol–water partition coefficient (Wildman–Crippen LogP) is 20.2. The van der Waals surface area contributed by atoms with E-state index in [4.69, 9.17) is 9.72 Å². The Morgan fingerprint density at radius 1 is 0.488 bits per heavy atom. The van der Waals surface area contributed by atoms with Gasteiger partial charge in [-0.15, -0.1) is 53.6 Å². The van der Waals surface area contributed by atoms with E-state index in [0.29, 0.717) is 11.5 Å². The molecule has 2 aromatic heterocycles. The number of rotatable bonds is 13. The largest absolute Gasteiger partial charge is 0.509 e. The molecule has 11 rings (SSSR count). The first-order chi connectivity index (χ1) is 38.6. The fourth-order valence-electron chi connectivity index (χ4n) is 11.6. The van der Waals surface area contributed by atoms with Crippen molar-refractivity contribution in [2.24, 2.45) is 0 Å². The smallest absolute Gasteiger partial charge is 0.135 e. The van der Waals surface area contributed by atoms with Crippen molar-refractivity contribution in [3.63, 3.8) is 0 Å². The Labute approximate surface area is 503 Å². The number of aromatic nitrogens is 2. The average molecular weight is 1260 g/mol. The van der Waals surface area contributed by atoms with Gasteiger partial charge in [0.1, 0.15) is 5.82 Å². The van der Waals surface area contributed by atoms with Gasteiger partial charge in [-0.25, -0.2) is 4.98 Å². The van der Waals surface area contributed by atoms with Crippen molar-refractivity contribution >= 4 is 38.9 Å². The summed E-state index contributed by atoms with van der Waals surface area (Å²) >= 11 is 0. The molecule has 0 unspecified atom stereocenters. The summed E-state index contributed by atoms with van der Waals surface area (Å²) in [5, 5.41) is 2.20. The molecular formula is C76H77N4OPt-3. The van der Waals surface area contributed by atoms with E-state index in [9.17, 15) is 0 Å². The molecule has 0 amide bonds. The first kappa shape index (κ1) is 57.8. The standard InChI is InChI=1S/C76H77N4O.Pt/c1-50(2)64-31-24-32-65(51(3)4)72(64)53-39-61(79-49-78(48-70(79)52-25-18-15-19-26-52)60-42-58(73(5,6)7)41-59(43-60)74(8,9)10)46-63(40-53)81-62-34-35-66-67-44-56(75(11,12)54-27-20-16-21-28-54)33-36-68(67)80(69(66)47-62)71-45-57(37-38-77-71)76(13,14)55-29-22-17-23-30-55;/h15-45,48-51H,1-14H3;/q-3;. The molecule has 0 saturated carbocycles. The molecule has 0 saturated heterocycles. The normalized spacial score (nSPS) is 13.3. The number of anilines is 2. The van der Waals surface area contributed by atoms with Gasteiger partial charge in [-0.3, -0.25) is 0 Å². The molecule has 0 spiro atoms. The van der Waals surface area contributed by atoms with Crippen molar-refractivity contribution in [1.29, 1.82) is 0 Å². The zero-order chi connectivity index (χ0) is 57.2. The van der Waals surface area contributed by atoms with Gasteiger partial charge in [0.25, 0.3) is 0 Å². The minimum Gasteiger partial charge on any atom is -0.509 e. The van der Waals surface area contributed by atoms with Gasteiger partial charge < -0.3 is 19.1 Å². The molecule has 0 aliphatic carbocycles. The maximum absolute atomic E-state index is 7.25. The third-order valence-corrected chi connectivity index (χ3v) is 16.8. The van der Waals surface area contributed by atoms with Gasteiger partial charge in [-0.05, 0) is 120 Å². The summed E-state index contributed by atoms with van der Waals surface area (Å²) in [5.74, 6) is 2.54. The fraction of sp³-hybridized carbons (Fsp3) is 0.263. The molecule has 3 heterocycles. The van der Waals surface area contributed by atoms with Crippen molar-refractivity contribution in [3.05, 3.63) is 263 Å². The fourth-order valence-corrected chi connectivity index (χ4v) is 11.6. The van der Waals surface area contributed by atoms with Crippen LogP contribution in [0.5, 0.6) is 11.5 Å². The third kappa shape index (κ3) is 11.1. The second-order valence-corrected chi connectivity index (χ2v) is 25.9. The predicted molar refractivity (Wildman–Crippen MR) is 341 cm³/mol. The van der Waals surface area contributed by atoms with Crippen LogP contribution in [0.3, 0.4) is 0 Å². The zero-order valence-electron chi connectivity index (χ0n) is 50.2. The SMILES string of the molecule is CC(C)c1cccc(C(C)C)c1-c1cc(Oc2[c-]c3c(cc2)c2cc(C(C)(C)c4ccccc4)ccc2n3-c2cc(C(C)(C)c3ccccc3)ccn2)[c-]c(N2[CH-]N(c3cc(C(C)(C)C)cc(C(C)(C)C)c3)C=C2c2ccccc2)c1.[Pt]. The molecule has 1 aliphatic heterocycles. The number of benzene rings is 8. The summed E-state index contributed by atoms with van der Waals surface area (Å²) in [6.07, 6.45) is 4.21. The van der Waals surface area contributed by atoms with E-state index in [2.05, 4.69) is 318 Å². The Morgan fingerprint density at radius 3 is 1.63 bits per heavy atom. The minimum atomic E-state index is -0.282. The number of nitrogens with zero attached hydrogens (tertiary/aromatic N) is 4. The second-order valence-electron chi connectivity index (χ2n) is 25.9. The Balaban J connectivity index is 0.00000753. The van der Waals surface area contributed by atoms with Gasteiger partial charge in [0.15, 0.2) is 0 Å². The van der Waals surface area contributed by atoms with Gasteiger partial charge >= 0.3 is 0 Å². The van der Waals surface area contributed by atoms with Crippen molar-refractivity contribution in [2.45, 2.75) is 130 Å². The summed E-state index contributed by atoms with van der Waals surface area (Å²) < 4.78 is 9.52. The first-order valence-corrected chi connectivity index (χ1v) is 28.9. The molecule has 0 atom stereocenters. The molecule has 0 bridgehead atoms. The topological polar surface area (TPSA) is 33.5 Å². The summed E-state index contributed by atoms with van der Waals surface area (Å²) in [6, 6.07) is 73.8. The van der Waals surface area contributed by atoms with E-state index in [1.807, 2.05) is 6.20 Å². The summed E-state index contributed by atoms with van der Waals surface area (Å²) in [4.78, 5) is 9.71. The number of pyridine rings is 1. The zero-order valence-corrected chi connectivity index (χ0v) is 52.5. The second kappa shape index (κ2) is 22.4. The number of hydrogen-bond donors (Lipinski definition) is 0. The molecular weight excluding hydrogens is 1180 g/mol. The van der Waals surface area contributed by atoms with Crippen molar-refractivity contribution in [3.8, 4) is 28.4 Å². The molecule has 6 heteroatoms. The van der Waals surface area contributed by atoms with Crippen LogP contribution in [0.4, 0.5) is 11.4 Å². The van der Waals surface area contributed by atoms with E-state index in [0.717, 1.165) is 55.8 Å². The molecule has 0 radical (unpaired) electrons. The van der Waals surface area contributed by atoms with E-state index in [1.54, 1.807) is 0 Å². The molecule has 1 aliphatic rings. The molecule has 420 valence electrons. The molecule has 0 fully saturated rings. The third-order valence-electron chi connectivity index (χ3n) is 16.8. The monoisotopic (exact) mass is 1260 g/mol. The van der Waals surface area contributed by atoms with Crippen molar-refractivity contribution in [2.75, 3.05) is 9.80 Å². The van der Waals surface area contributed by atoms with Crippen LogP contribution in [0.1, 0.15) is 159 Å². The molecule has 5 nitrogen and oxygen atoms in total. The number of fused-ring (bicyclic) bond motifs is 3. The summed E-state index contributed by atoms with van der Waals surface area (Å²) in [5.41, 5.74) is 17.8. The Morgan fingerprint density at radius 2 is 1.06 bits per heavy atom. The quantitative estimate of drug-likeness (QED) is 0.108. The van der Waals surface area contributed by atoms with E-state index in [1.165, 1.54) is 50.1 Å². The van der Waals surface area contributed by atoms with Crippen LogP contribution in [0, 0.1) is 18.8 Å². The number of hydrogen-bond acceptors (Lipinski definition) is 4. The van der Waals surface area contributed by atoms with Gasteiger partial charge in [0.05, 0.1) is 0 Å². The Hall–Kier alpha value is -7.46. The van der Waals surface area contributed by atoms with E-state index >= 15 is 0 Å². The van der Waals surface area contributed by atoms with Gasteiger partial charge in [0.2, 0.25) is 0 Å². The summed E-state index contributed by atoms with van der Waals surface area (Å²) in [7, 11) is 0. The minimum absolute atomic E-state index is 0. The number of ether oxygens (including phenoxy) is 1. The van der Waals surface area contributed by atoms with Crippen LogP contribution < -0.4 is 14.5 Å². The maximum Gasteiger partial charge on any atom is 0.135 e. The van der Waals surface area contributed by atoms with Crippen LogP contribution in [0.15, 0.2) is 194 Å². The van der Waals surface area contributed by atoms with Gasteiger partial charge in [-0.1, -0.05) is 230 Å². The van der Waals surface area contributed by atoms with E-state index in [-0.39, 0.29) is 54.6 Å². The van der Waals surface area contributed by atoms with E-state index < -0.39 is 0 Å². The summed E-state index contributed by atoms with van der Waals surface area (Å²) in [6.45, 7) is 34.4. The van der Waals surface area contributed by atoms with Gasteiger partial charge in [-0.2, -0.15) is 6.07 Å². The van der Waals surface area contributed by atoms with Crippen LogP contribution in [-0.2, 0) is 42.7 Å². The first-order valence-electron chi connectivity index (χ1n) is 28.9. The Bertz CT molecular complexity index is 3910.